The molecule has 0 radical (unpaired) electrons. The SMILES string of the molecule is CCC(C)C(NC(=O)C(N)CCC(N)=O)C(=O)NC(Cc1ccc(O)cc1)C(=O)NC(C(=O)O)C(C)O. The highest BCUT2D eigenvalue weighted by Gasteiger charge is 2.33. The number of aliphatic carboxylic acids is 1. The molecule has 206 valence electrons. The first-order valence-corrected chi connectivity index (χ1v) is 11.9. The zero-order valence-corrected chi connectivity index (χ0v) is 21.1. The lowest BCUT2D eigenvalue weighted by Gasteiger charge is -2.28. The van der Waals surface area contributed by atoms with Crippen molar-refractivity contribution in [2.75, 3.05) is 0 Å². The normalized spacial score (nSPS) is 15.8. The van der Waals surface area contributed by atoms with Crippen LogP contribution in [-0.2, 0) is 30.4 Å². The van der Waals surface area contributed by atoms with Crippen LogP contribution in [0, 0.1) is 5.92 Å². The summed E-state index contributed by atoms with van der Waals surface area (Å²) in [5.74, 6) is -4.75. The molecule has 6 unspecified atom stereocenters. The highest BCUT2D eigenvalue weighted by molar-refractivity contribution is 5.94. The quantitative estimate of drug-likeness (QED) is 0.133. The Bertz CT molecular complexity index is 953. The van der Waals surface area contributed by atoms with Gasteiger partial charge in [0.2, 0.25) is 23.6 Å². The van der Waals surface area contributed by atoms with Gasteiger partial charge in [0.25, 0.3) is 0 Å². The zero-order chi connectivity index (χ0) is 28.3. The van der Waals surface area contributed by atoms with E-state index in [4.69, 9.17) is 11.5 Å². The first-order valence-electron chi connectivity index (χ1n) is 11.9. The molecule has 0 heterocycles. The smallest absolute Gasteiger partial charge is 0.328 e. The lowest BCUT2D eigenvalue weighted by Crippen LogP contribution is -2.60. The van der Waals surface area contributed by atoms with Gasteiger partial charge in [-0.25, -0.2) is 4.79 Å². The van der Waals surface area contributed by atoms with Gasteiger partial charge in [0.05, 0.1) is 12.1 Å². The number of aliphatic hydroxyl groups is 1. The summed E-state index contributed by atoms with van der Waals surface area (Å²) in [5.41, 5.74) is 11.4. The molecular formula is C24H37N5O8. The summed E-state index contributed by atoms with van der Waals surface area (Å²) in [6, 6.07) is 0.720. The number of phenols is 1. The summed E-state index contributed by atoms with van der Waals surface area (Å²) in [5, 5.41) is 35.9. The minimum atomic E-state index is -1.62. The molecule has 4 amide bonds. The summed E-state index contributed by atoms with van der Waals surface area (Å²) >= 11 is 0. The van der Waals surface area contributed by atoms with Crippen molar-refractivity contribution in [2.45, 2.75) is 76.7 Å². The van der Waals surface area contributed by atoms with E-state index >= 15 is 0 Å². The molecule has 0 aliphatic heterocycles. The van der Waals surface area contributed by atoms with Gasteiger partial charge in [-0.05, 0) is 37.0 Å². The van der Waals surface area contributed by atoms with Crippen LogP contribution in [0.15, 0.2) is 24.3 Å². The van der Waals surface area contributed by atoms with Crippen LogP contribution in [0.25, 0.3) is 0 Å². The highest BCUT2D eigenvalue weighted by Crippen LogP contribution is 2.13. The maximum absolute atomic E-state index is 13.3. The van der Waals surface area contributed by atoms with Crippen LogP contribution in [0.4, 0.5) is 0 Å². The Kier molecular flexibility index (Phi) is 12.5. The first-order chi connectivity index (χ1) is 17.3. The number of hydrogen-bond donors (Lipinski definition) is 8. The minimum Gasteiger partial charge on any atom is -0.508 e. The lowest BCUT2D eigenvalue weighted by molar-refractivity contribution is -0.145. The van der Waals surface area contributed by atoms with Gasteiger partial charge in [-0.3, -0.25) is 19.2 Å². The lowest BCUT2D eigenvalue weighted by atomic mass is 9.96. The monoisotopic (exact) mass is 523 g/mol. The minimum absolute atomic E-state index is 0.0129. The second-order valence-electron chi connectivity index (χ2n) is 8.98. The number of carboxylic acids is 1. The van der Waals surface area contributed by atoms with E-state index in [-0.39, 0.29) is 30.9 Å². The van der Waals surface area contributed by atoms with E-state index in [0.29, 0.717) is 12.0 Å². The molecule has 0 spiro atoms. The van der Waals surface area contributed by atoms with Crippen LogP contribution in [-0.4, -0.2) is 75.2 Å². The van der Waals surface area contributed by atoms with Crippen LogP contribution in [0.3, 0.4) is 0 Å². The number of benzene rings is 1. The third-order valence-corrected chi connectivity index (χ3v) is 5.89. The van der Waals surface area contributed by atoms with Crippen LogP contribution < -0.4 is 27.4 Å². The number of amides is 4. The van der Waals surface area contributed by atoms with Crippen molar-refractivity contribution in [2.24, 2.45) is 17.4 Å². The van der Waals surface area contributed by atoms with E-state index in [0.717, 1.165) is 0 Å². The maximum Gasteiger partial charge on any atom is 0.328 e. The van der Waals surface area contributed by atoms with E-state index in [1.807, 2.05) is 0 Å². The Morgan fingerprint density at radius 3 is 1.97 bits per heavy atom. The Labute approximate surface area is 215 Å². The number of carboxylic acid groups (broad SMARTS) is 1. The molecule has 6 atom stereocenters. The Hall–Kier alpha value is -3.71. The van der Waals surface area contributed by atoms with E-state index in [2.05, 4.69) is 16.0 Å². The number of carbonyl (C=O) groups is 5. The number of phenolic OH excluding ortho intramolecular Hbond substituents is 1. The van der Waals surface area contributed by atoms with Crippen LogP contribution >= 0.6 is 0 Å². The Balaban J connectivity index is 3.16. The molecule has 10 N–H and O–H groups in total. The fourth-order valence-electron chi connectivity index (χ4n) is 3.37. The maximum atomic E-state index is 13.3. The van der Waals surface area contributed by atoms with E-state index in [1.54, 1.807) is 13.8 Å². The topological polar surface area (TPSA) is 234 Å². The molecule has 0 aliphatic rings. The number of primary amides is 1. The number of hydrogen-bond acceptors (Lipinski definition) is 8. The van der Waals surface area contributed by atoms with Gasteiger partial charge in [-0.15, -0.1) is 0 Å². The largest absolute Gasteiger partial charge is 0.508 e. The molecular weight excluding hydrogens is 486 g/mol. The fraction of sp³-hybridized carbons (Fsp3) is 0.542. The summed E-state index contributed by atoms with van der Waals surface area (Å²) < 4.78 is 0. The molecule has 0 saturated carbocycles. The fourth-order valence-corrected chi connectivity index (χ4v) is 3.37. The summed E-state index contributed by atoms with van der Waals surface area (Å²) in [7, 11) is 0. The number of carbonyl (C=O) groups excluding carboxylic acids is 4. The molecule has 1 aromatic rings. The van der Waals surface area contributed by atoms with Crippen molar-refractivity contribution in [3.63, 3.8) is 0 Å². The average molecular weight is 524 g/mol. The summed E-state index contributed by atoms with van der Waals surface area (Å²) in [6.45, 7) is 4.70. The molecule has 0 fully saturated rings. The number of rotatable bonds is 15. The van der Waals surface area contributed by atoms with Crippen molar-refractivity contribution in [3.05, 3.63) is 29.8 Å². The first kappa shape index (κ1) is 31.3. The highest BCUT2D eigenvalue weighted by atomic mass is 16.4. The van der Waals surface area contributed by atoms with Gasteiger partial charge in [-0.2, -0.15) is 0 Å². The third kappa shape index (κ3) is 10.4. The summed E-state index contributed by atoms with van der Waals surface area (Å²) in [6.07, 6.45) is -1.15. The average Bonchev–Trinajstić information content (AvgIpc) is 2.83. The van der Waals surface area contributed by atoms with E-state index in [1.165, 1.54) is 31.2 Å². The molecule has 13 nitrogen and oxygen atoms in total. The summed E-state index contributed by atoms with van der Waals surface area (Å²) in [4.78, 5) is 61.3. The zero-order valence-electron chi connectivity index (χ0n) is 21.1. The van der Waals surface area contributed by atoms with Gasteiger partial charge in [-0.1, -0.05) is 32.4 Å². The van der Waals surface area contributed by atoms with Gasteiger partial charge < -0.3 is 42.7 Å². The van der Waals surface area contributed by atoms with Crippen LogP contribution in [0.5, 0.6) is 5.75 Å². The van der Waals surface area contributed by atoms with Gasteiger partial charge in [0, 0.05) is 12.8 Å². The van der Waals surface area contributed by atoms with Crippen LogP contribution in [0.2, 0.25) is 0 Å². The van der Waals surface area contributed by atoms with Crippen molar-refractivity contribution in [1.82, 2.24) is 16.0 Å². The van der Waals surface area contributed by atoms with Gasteiger partial charge >= 0.3 is 5.97 Å². The van der Waals surface area contributed by atoms with E-state index in [9.17, 15) is 39.3 Å². The predicted molar refractivity (Wildman–Crippen MR) is 133 cm³/mol. The molecule has 0 aliphatic carbocycles. The number of aromatic hydroxyl groups is 1. The second kappa shape index (κ2) is 14.8. The number of nitrogens with two attached hydrogens (primary N) is 2. The molecule has 0 saturated heterocycles. The van der Waals surface area contributed by atoms with E-state index < -0.39 is 59.9 Å². The van der Waals surface area contributed by atoms with Crippen molar-refractivity contribution in [1.29, 1.82) is 0 Å². The van der Waals surface area contributed by atoms with Gasteiger partial charge in [0.15, 0.2) is 6.04 Å². The number of aliphatic hydroxyl groups excluding tert-OH is 1. The third-order valence-electron chi connectivity index (χ3n) is 5.89. The molecule has 0 aromatic heterocycles. The second-order valence-corrected chi connectivity index (χ2v) is 8.98. The van der Waals surface area contributed by atoms with Crippen molar-refractivity contribution < 1.29 is 39.3 Å². The molecule has 0 bridgehead atoms. The Morgan fingerprint density at radius 2 is 1.49 bits per heavy atom. The Morgan fingerprint density at radius 1 is 0.919 bits per heavy atom. The molecule has 1 rings (SSSR count). The van der Waals surface area contributed by atoms with Crippen LogP contribution in [0.1, 0.15) is 45.6 Å². The number of nitrogens with one attached hydrogen (secondary N) is 3. The van der Waals surface area contributed by atoms with Gasteiger partial charge in [0.1, 0.15) is 17.8 Å². The standard InChI is InChI=1S/C24H37N5O8/c1-4-12(2)19(28-21(33)16(25)9-10-18(26)32)23(35)27-17(11-14-5-7-15(31)8-6-14)22(34)29-20(13(3)30)24(36)37/h5-8,12-13,16-17,19-20,30-31H,4,9-11,25H2,1-3H3,(H2,26,32)(H,27,35)(H,28,33)(H,29,34)(H,36,37). The van der Waals surface area contributed by atoms with Crippen molar-refractivity contribution in [3.8, 4) is 5.75 Å². The molecule has 37 heavy (non-hydrogen) atoms. The predicted octanol–water partition coefficient (Wildman–Crippen LogP) is -1.51. The molecule has 13 heteroatoms. The molecule has 1 aromatic carbocycles. The van der Waals surface area contributed by atoms with Crippen molar-refractivity contribution >= 4 is 29.6 Å².